The van der Waals surface area contributed by atoms with E-state index in [9.17, 15) is 0 Å². The molecule has 0 saturated carbocycles. The zero-order valence-corrected chi connectivity index (χ0v) is 26.8. The average Bonchev–Trinajstić information content (AvgIpc) is 3.65. The second-order valence-corrected chi connectivity index (χ2v) is 13.9. The van der Waals surface area contributed by atoms with Crippen molar-refractivity contribution >= 4 is 77.4 Å². The van der Waals surface area contributed by atoms with E-state index in [-0.39, 0.29) is 6.85 Å². The molecule has 4 heterocycles. The molecule has 46 heavy (non-hydrogen) atoms. The number of anilines is 3. The first-order valence-electron chi connectivity index (χ1n) is 15.9. The largest absolute Gasteiger partial charge is 0.378 e. The first-order chi connectivity index (χ1) is 22.6. The number of aromatic nitrogens is 1. The van der Waals surface area contributed by atoms with Crippen molar-refractivity contribution in [1.82, 2.24) is 4.57 Å². The summed E-state index contributed by atoms with van der Waals surface area (Å²) in [6, 6.07) is 47.4. The lowest BCUT2D eigenvalue weighted by Gasteiger charge is -2.41. The van der Waals surface area contributed by atoms with Crippen molar-refractivity contribution in [2.75, 3.05) is 23.8 Å². The van der Waals surface area contributed by atoms with Gasteiger partial charge in [-0.05, 0) is 83.2 Å². The van der Waals surface area contributed by atoms with E-state index in [1.807, 2.05) is 11.3 Å². The standard InChI is InChI=1S/C41H30BN3S/c1-25-23-32-30-13-7-10-16-35(30)45(29-20-18-28(19-21-29)43(2)3)42-38(32)40-37(25)31-14-8-9-15-34(31)44(40)39-33-24-27(26-11-5-4-6-12-26)17-22-36(33)46-41(39)42/h4-24H,1-3H3. The molecular formula is C41H30BN3S. The zero-order chi connectivity index (χ0) is 30.7. The van der Waals surface area contributed by atoms with E-state index in [1.54, 1.807) is 0 Å². The Morgan fingerprint density at radius 3 is 2.26 bits per heavy atom. The molecule has 0 fully saturated rings. The topological polar surface area (TPSA) is 11.4 Å². The minimum Gasteiger partial charge on any atom is -0.378 e. The molecule has 218 valence electrons. The van der Waals surface area contributed by atoms with Gasteiger partial charge in [-0.3, -0.25) is 0 Å². The third-order valence-electron chi connectivity index (χ3n) is 10.1. The summed E-state index contributed by atoms with van der Waals surface area (Å²) in [5, 5.41) is 4.01. The van der Waals surface area contributed by atoms with Gasteiger partial charge in [-0.1, -0.05) is 78.9 Å². The quantitative estimate of drug-likeness (QED) is 0.186. The Bertz CT molecular complexity index is 2520. The lowest BCUT2D eigenvalue weighted by atomic mass is 9.47. The maximum atomic E-state index is 2.61. The van der Waals surface area contributed by atoms with Gasteiger partial charge < -0.3 is 14.3 Å². The van der Waals surface area contributed by atoms with Crippen LogP contribution in [0.5, 0.6) is 0 Å². The summed E-state index contributed by atoms with van der Waals surface area (Å²) in [6.45, 7) is 2.34. The van der Waals surface area contributed by atoms with Crippen LogP contribution in [0.2, 0.25) is 0 Å². The predicted octanol–water partition coefficient (Wildman–Crippen LogP) is 9.28. The fourth-order valence-electron chi connectivity index (χ4n) is 8.08. The molecule has 0 radical (unpaired) electrons. The maximum Gasteiger partial charge on any atom is 0.343 e. The number of nitrogens with zero attached hydrogens (tertiary/aromatic N) is 3. The lowest BCUT2D eigenvalue weighted by Crippen LogP contribution is -2.59. The second kappa shape index (κ2) is 9.38. The number of benzene rings is 6. The minimum absolute atomic E-state index is 0.0441. The molecule has 0 atom stereocenters. The van der Waals surface area contributed by atoms with E-state index in [0.717, 1.165) is 0 Å². The van der Waals surface area contributed by atoms with Crippen LogP contribution in [0.3, 0.4) is 0 Å². The monoisotopic (exact) mass is 607 g/mol. The molecule has 2 aliphatic heterocycles. The number of rotatable bonds is 3. The SMILES string of the molecule is Cc1cc2c3c4c1c1ccccc1n4-c1c(sc4ccc(-c5ccccc5)cc14)B3N(c1ccc(N(C)C)cc1)c1ccccc1-2. The number of para-hydroxylation sites is 2. The molecule has 8 aromatic rings. The summed E-state index contributed by atoms with van der Waals surface area (Å²) in [5.41, 5.74) is 15.5. The van der Waals surface area contributed by atoms with Crippen molar-refractivity contribution < 1.29 is 0 Å². The second-order valence-electron chi connectivity index (χ2n) is 12.8. The Kier molecular flexibility index (Phi) is 5.31. The average molecular weight is 608 g/mol. The van der Waals surface area contributed by atoms with E-state index in [4.69, 9.17) is 0 Å². The Morgan fingerprint density at radius 1 is 0.674 bits per heavy atom. The first kappa shape index (κ1) is 26.0. The fraction of sp³-hybridized carbons (Fsp3) is 0.0732. The van der Waals surface area contributed by atoms with Crippen LogP contribution in [0, 0.1) is 6.92 Å². The van der Waals surface area contributed by atoms with Crippen LogP contribution >= 0.6 is 11.3 Å². The normalized spacial score (nSPS) is 13.0. The molecule has 0 amide bonds. The Labute approximate surface area is 272 Å². The van der Waals surface area contributed by atoms with E-state index in [1.165, 1.54) is 92.7 Å². The minimum atomic E-state index is 0.0441. The van der Waals surface area contributed by atoms with Gasteiger partial charge in [0.25, 0.3) is 0 Å². The van der Waals surface area contributed by atoms with E-state index < -0.39 is 0 Å². The van der Waals surface area contributed by atoms with Gasteiger partial charge in [0, 0.05) is 62.4 Å². The smallest absolute Gasteiger partial charge is 0.343 e. The van der Waals surface area contributed by atoms with Gasteiger partial charge >= 0.3 is 6.85 Å². The summed E-state index contributed by atoms with van der Waals surface area (Å²) < 4.78 is 5.33. The molecular weight excluding hydrogens is 577 g/mol. The molecule has 0 unspecified atom stereocenters. The molecule has 3 nitrogen and oxygen atoms in total. The van der Waals surface area contributed by atoms with Gasteiger partial charge in [0.05, 0.1) is 16.7 Å². The highest BCUT2D eigenvalue weighted by atomic mass is 32.1. The molecule has 0 N–H and O–H groups in total. The molecule has 0 bridgehead atoms. The number of thiophene rings is 1. The highest BCUT2D eigenvalue weighted by Gasteiger charge is 2.45. The van der Waals surface area contributed by atoms with E-state index in [2.05, 4.69) is 163 Å². The zero-order valence-electron chi connectivity index (χ0n) is 26.0. The van der Waals surface area contributed by atoms with Gasteiger partial charge in [-0.2, -0.15) is 0 Å². The maximum absolute atomic E-state index is 2.61. The molecule has 10 rings (SSSR count). The van der Waals surface area contributed by atoms with Crippen LogP contribution in [-0.2, 0) is 0 Å². The summed E-state index contributed by atoms with van der Waals surface area (Å²) in [4.78, 5) is 4.78. The van der Waals surface area contributed by atoms with E-state index >= 15 is 0 Å². The molecule has 0 aliphatic carbocycles. The highest BCUT2D eigenvalue weighted by molar-refractivity contribution is 7.32. The summed E-state index contributed by atoms with van der Waals surface area (Å²) in [5.74, 6) is 0. The van der Waals surface area contributed by atoms with Crippen LogP contribution in [0.25, 0.3) is 59.8 Å². The molecule has 5 heteroatoms. The summed E-state index contributed by atoms with van der Waals surface area (Å²) in [7, 11) is 4.21. The third kappa shape index (κ3) is 3.38. The molecule has 0 spiro atoms. The van der Waals surface area contributed by atoms with Crippen molar-refractivity contribution in [3.05, 3.63) is 133 Å². The highest BCUT2D eigenvalue weighted by Crippen LogP contribution is 2.48. The number of fused-ring (bicyclic) bond motifs is 10. The van der Waals surface area contributed by atoms with Crippen molar-refractivity contribution in [2.24, 2.45) is 0 Å². The number of hydrogen-bond acceptors (Lipinski definition) is 3. The summed E-state index contributed by atoms with van der Waals surface area (Å²) in [6.07, 6.45) is 0. The molecule has 2 aliphatic rings. The van der Waals surface area contributed by atoms with Gasteiger partial charge in [0.2, 0.25) is 0 Å². The van der Waals surface area contributed by atoms with Crippen LogP contribution in [0.4, 0.5) is 17.1 Å². The van der Waals surface area contributed by atoms with Gasteiger partial charge in [-0.25, -0.2) is 0 Å². The van der Waals surface area contributed by atoms with Gasteiger partial charge in [0.15, 0.2) is 0 Å². The number of hydrogen-bond donors (Lipinski definition) is 0. The van der Waals surface area contributed by atoms with Crippen LogP contribution in [0.15, 0.2) is 127 Å². The van der Waals surface area contributed by atoms with E-state index in [0.29, 0.717) is 0 Å². The van der Waals surface area contributed by atoms with Crippen molar-refractivity contribution in [2.45, 2.75) is 6.92 Å². The van der Waals surface area contributed by atoms with Crippen LogP contribution in [-0.4, -0.2) is 25.5 Å². The molecule has 0 saturated heterocycles. The van der Waals surface area contributed by atoms with Crippen LogP contribution < -0.4 is 20.0 Å². The van der Waals surface area contributed by atoms with Crippen LogP contribution in [0.1, 0.15) is 5.56 Å². The first-order valence-corrected chi connectivity index (χ1v) is 16.7. The van der Waals surface area contributed by atoms with Gasteiger partial charge in [-0.15, -0.1) is 11.3 Å². The molecule has 6 aromatic carbocycles. The number of aryl methyl sites for hydroxylation is 1. The van der Waals surface area contributed by atoms with Crippen molar-refractivity contribution in [3.8, 4) is 27.9 Å². The Balaban J connectivity index is 1.37. The predicted molar refractivity (Wildman–Crippen MR) is 200 cm³/mol. The Hall–Kier alpha value is -5.26. The van der Waals surface area contributed by atoms with Crippen molar-refractivity contribution in [3.63, 3.8) is 0 Å². The van der Waals surface area contributed by atoms with Crippen molar-refractivity contribution in [1.29, 1.82) is 0 Å². The fourth-order valence-corrected chi connectivity index (χ4v) is 9.35. The third-order valence-corrected chi connectivity index (χ3v) is 11.3. The van der Waals surface area contributed by atoms with Gasteiger partial charge in [0.1, 0.15) is 0 Å². The molecule has 2 aromatic heterocycles. The lowest BCUT2D eigenvalue weighted by molar-refractivity contribution is 1.13. The Morgan fingerprint density at radius 2 is 1.43 bits per heavy atom. The summed E-state index contributed by atoms with van der Waals surface area (Å²) >= 11 is 1.95.